The molecule has 1 rings (SSSR count). The fourth-order valence-corrected chi connectivity index (χ4v) is 2.04. The van der Waals surface area contributed by atoms with Crippen LogP contribution in [0.3, 0.4) is 0 Å². The molecule has 1 aromatic rings. The van der Waals surface area contributed by atoms with E-state index in [1.807, 2.05) is 6.92 Å². The number of amides is 2. The van der Waals surface area contributed by atoms with Gasteiger partial charge in [0.1, 0.15) is 6.04 Å². The Labute approximate surface area is 137 Å². The second kappa shape index (κ2) is 8.53. The fraction of sp³-hybridized carbons (Fsp3) is 0.400. The Bertz CT molecular complexity index is 545. The molecular formula is C15H19BrN2O4. The molecule has 0 bridgehead atoms. The number of carbonyl (C=O) groups is 3. The smallest absolute Gasteiger partial charge is 0.326 e. The second-order valence-corrected chi connectivity index (χ2v) is 5.87. The highest BCUT2D eigenvalue weighted by Gasteiger charge is 2.25. The van der Waals surface area contributed by atoms with Gasteiger partial charge in [0.25, 0.3) is 5.91 Å². The van der Waals surface area contributed by atoms with Crippen molar-refractivity contribution in [3.05, 3.63) is 34.3 Å². The number of halogens is 1. The van der Waals surface area contributed by atoms with Gasteiger partial charge in [-0.3, -0.25) is 9.59 Å². The summed E-state index contributed by atoms with van der Waals surface area (Å²) in [6, 6.07) is 5.73. The van der Waals surface area contributed by atoms with E-state index in [0.717, 1.165) is 4.47 Å². The molecule has 0 aliphatic carbocycles. The first kappa shape index (κ1) is 18.2. The van der Waals surface area contributed by atoms with Gasteiger partial charge in [0.2, 0.25) is 5.91 Å². The maximum absolute atomic E-state index is 11.8. The van der Waals surface area contributed by atoms with Gasteiger partial charge in [-0.2, -0.15) is 0 Å². The number of carbonyl (C=O) groups excluding carboxylic acids is 2. The highest BCUT2D eigenvalue weighted by molar-refractivity contribution is 9.10. The Morgan fingerprint density at radius 3 is 2.32 bits per heavy atom. The van der Waals surface area contributed by atoms with E-state index in [-0.39, 0.29) is 12.5 Å². The lowest BCUT2D eigenvalue weighted by molar-refractivity contribution is -0.143. The van der Waals surface area contributed by atoms with Crippen LogP contribution in [0.1, 0.15) is 30.6 Å². The first-order valence-electron chi connectivity index (χ1n) is 6.91. The molecule has 0 aliphatic heterocycles. The molecule has 1 aromatic carbocycles. The molecule has 3 N–H and O–H groups in total. The number of aliphatic carboxylic acids is 1. The van der Waals surface area contributed by atoms with Crippen molar-refractivity contribution in [1.82, 2.24) is 10.6 Å². The molecule has 120 valence electrons. The van der Waals surface area contributed by atoms with Crippen LogP contribution in [-0.4, -0.2) is 35.5 Å². The van der Waals surface area contributed by atoms with Gasteiger partial charge in [-0.25, -0.2) is 4.79 Å². The van der Waals surface area contributed by atoms with Gasteiger partial charge in [-0.1, -0.05) is 36.2 Å². The van der Waals surface area contributed by atoms with Gasteiger partial charge < -0.3 is 15.7 Å². The number of hydrogen-bond donors (Lipinski definition) is 3. The van der Waals surface area contributed by atoms with Gasteiger partial charge in [0.05, 0.1) is 6.54 Å². The fourth-order valence-electron chi connectivity index (χ4n) is 1.77. The zero-order valence-electron chi connectivity index (χ0n) is 12.4. The molecular weight excluding hydrogens is 352 g/mol. The summed E-state index contributed by atoms with van der Waals surface area (Å²) < 4.78 is 0.847. The predicted molar refractivity (Wildman–Crippen MR) is 85.5 cm³/mol. The summed E-state index contributed by atoms with van der Waals surface area (Å²) >= 11 is 3.27. The third-order valence-electron chi connectivity index (χ3n) is 3.31. The lowest BCUT2D eigenvalue weighted by atomic mass is 9.99. The quantitative estimate of drug-likeness (QED) is 0.681. The average Bonchev–Trinajstić information content (AvgIpc) is 2.49. The van der Waals surface area contributed by atoms with Crippen LogP contribution in [0.15, 0.2) is 28.7 Å². The molecule has 0 saturated carbocycles. The molecule has 0 unspecified atom stereocenters. The minimum absolute atomic E-state index is 0.191. The lowest BCUT2D eigenvalue weighted by Gasteiger charge is -2.20. The molecule has 2 amide bonds. The number of rotatable bonds is 7. The van der Waals surface area contributed by atoms with E-state index in [9.17, 15) is 14.4 Å². The first-order valence-corrected chi connectivity index (χ1v) is 7.70. The number of hydrogen-bond acceptors (Lipinski definition) is 3. The minimum atomic E-state index is -1.08. The van der Waals surface area contributed by atoms with E-state index in [2.05, 4.69) is 26.6 Å². The van der Waals surface area contributed by atoms with Crippen LogP contribution >= 0.6 is 15.9 Å². The summed E-state index contributed by atoms with van der Waals surface area (Å²) in [4.78, 5) is 34.7. The van der Waals surface area contributed by atoms with Crippen LogP contribution in [0.5, 0.6) is 0 Å². The van der Waals surface area contributed by atoms with Crippen molar-refractivity contribution >= 4 is 33.7 Å². The highest BCUT2D eigenvalue weighted by Crippen LogP contribution is 2.10. The van der Waals surface area contributed by atoms with Crippen molar-refractivity contribution in [2.24, 2.45) is 5.92 Å². The predicted octanol–water partition coefficient (Wildman–Crippen LogP) is 1.79. The van der Waals surface area contributed by atoms with Crippen molar-refractivity contribution in [1.29, 1.82) is 0 Å². The van der Waals surface area contributed by atoms with Crippen LogP contribution in [0.2, 0.25) is 0 Å². The molecule has 0 aromatic heterocycles. The molecule has 0 radical (unpaired) electrons. The Hall–Kier alpha value is -1.89. The number of carboxylic acids is 1. The van der Waals surface area contributed by atoms with Crippen molar-refractivity contribution in [3.8, 4) is 0 Å². The molecule has 2 atom stereocenters. The molecule has 0 heterocycles. The largest absolute Gasteiger partial charge is 0.480 e. The maximum Gasteiger partial charge on any atom is 0.326 e. The van der Waals surface area contributed by atoms with Gasteiger partial charge in [0, 0.05) is 10.0 Å². The normalized spacial score (nSPS) is 13.0. The highest BCUT2D eigenvalue weighted by atomic mass is 79.9. The van der Waals surface area contributed by atoms with Crippen molar-refractivity contribution in [2.45, 2.75) is 26.3 Å². The summed E-state index contributed by atoms with van der Waals surface area (Å²) in [6.07, 6.45) is 0.627. The molecule has 0 spiro atoms. The van der Waals surface area contributed by atoms with E-state index in [1.54, 1.807) is 31.2 Å². The van der Waals surface area contributed by atoms with Gasteiger partial charge in [-0.05, 0) is 30.2 Å². The Morgan fingerprint density at radius 2 is 1.82 bits per heavy atom. The standard InChI is InChI=1S/C15H19BrN2O4/c1-3-9(2)13(15(21)22)18-12(19)8-17-14(20)10-4-6-11(16)7-5-10/h4-7,9,13H,3,8H2,1-2H3,(H,17,20)(H,18,19)(H,21,22)/t9-,13-/m0/s1. The SMILES string of the molecule is CC[C@H](C)[C@H](NC(=O)CNC(=O)c1ccc(Br)cc1)C(=O)O. The third kappa shape index (κ3) is 5.48. The first-order chi connectivity index (χ1) is 10.3. The lowest BCUT2D eigenvalue weighted by Crippen LogP contribution is -2.48. The zero-order valence-corrected chi connectivity index (χ0v) is 14.0. The van der Waals surface area contributed by atoms with E-state index >= 15 is 0 Å². The summed E-state index contributed by atoms with van der Waals surface area (Å²) in [5.41, 5.74) is 0.424. The maximum atomic E-state index is 11.8. The number of nitrogens with one attached hydrogen (secondary N) is 2. The van der Waals surface area contributed by atoms with Gasteiger partial charge >= 0.3 is 5.97 Å². The number of carboxylic acid groups (broad SMARTS) is 1. The van der Waals surface area contributed by atoms with Crippen molar-refractivity contribution in [2.75, 3.05) is 6.54 Å². The Kier molecular flexibility index (Phi) is 7.04. The summed E-state index contributed by atoms with van der Waals surface area (Å²) in [7, 11) is 0. The van der Waals surface area contributed by atoms with Crippen LogP contribution in [0.25, 0.3) is 0 Å². The van der Waals surface area contributed by atoms with E-state index in [4.69, 9.17) is 5.11 Å². The zero-order chi connectivity index (χ0) is 16.7. The van der Waals surface area contributed by atoms with Gasteiger partial charge in [-0.15, -0.1) is 0 Å². The van der Waals surface area contributed by atoms with Crippen molar-refractivity contribution < 1.29 is 19.5 Å². The molecule has 22 heavy (non-hydrogen) atoms. The Morgan fingerprint density at radius 1 is 1.23 bits per heavy atom. The molecule has 0 saturated heterocycles. The molecule has 0 fully saturated rings. The van der Waals surface area contributed by atoms with Crippen LogP contribution in [0, 0.1) is 5.92 Å². The summed E-state index contributed by atoms with van der Waals surface area (Å²) in [6.45, 7) is 3.33. The summed E-state index contributed by atoms with van der Waals surface area (Å²) in [5.74, 6) is -2.19. The average molecular weight is 371 g/mol. The topological polar surface area (TPSA) is 95.5 Å². The monoisotopic (exact) mass is 370 g/mol. The van der Waals surface area contributed by atoms with E-state index < -0.39 is 23.8 Å². The molecule has 0 aliphatic rings. The van der Waals surface area contributed by atoms with Crippen molar-refractivity contribution in [3.63, 3.8) is 0 Å². The molecule has 6 nitrogen and oxygen atoms in total. The Balaban J connectivity index is 2.53. The van der Waals surface area contributed by atoms with E-state index in [1.165, 1.54) is 0 Å². The number of benzene rings is 1. The molecule has 7 heteroatoms. The van der Waals surface area contributed by atoms with Crippen LogP contribution < -0.4 is 10.6 Å². The van der Waals surface area contributed by atoms with E-state index in [0.29, 0.717) is 12.0 Å². The second-order valence-electron chi connectivity index (χ2n) is 4.96. The van der Waals surface area contributed by atoms with Crippen LogP contribution in [0.4, 0.5) is 0 Å². The summed E-state index contributed by atoms with van der Waals surface area (Å²) in [5, 5.41) is 14.0. The minimum Gasteiger partial charge on any atom is -0.480 e. The third-order valence-corrected chi connectivity index (χ3v) is 3.84. The van der Waals surface area contributed by atoms with Gasteiger partial charge in [0.15, 0.2) is 0 Å². The van der Waals surface area contributed by atoms with Crippen LogP contribution in [-0.2, 0) is 9.59 Å².